The molecule has 23 heavy (non-hydrogen) atoms. The molecule has 0 amide bonds. The number of nitriles is 1. The zero-order chi connectivity index (χ0) is 15.9. The fourth-order valence-corrected chi connectivity index (χ4v) is 3.03. The standard InChI is InChI=1S/C19H22N2O2/c20-10-1-2-11-22-16-6-3-5-15(13-16)14-21-18-7-4-8-19-17(18)9-12-23-19/h3,5-6,9,12-13,18,21H,1-2,4,7-8,11,14H2. The number of aryl methyl sites for hydroxylation is 1. The minimum atomic E-state index is 0.373. The molecule has 4 nitrogen and oxygen atoms in total. The Kier molecular flexibility index (Phi) is 5.33. The molecule has 4 heteroatoms. The van der Waals surface area contributed by atoms with Crippen LogP contribution in [0.4, 0.5) is 0 Å². The van der Waals surface area contributed by atoms with Gasteiger partial charge in [-0.25, -0.2) is 0 Å². The SMILES string of the molecule is N#CCCCOc1cccc(CNC2CCCc3occc32)c1. The summed E-state index contributed by atoms with van der Waals surface area (Å²) in [7, 11) is 0. The predicted octanol–water partition coefficient (Wildman–Crippen LogP) is 4.13. The highest BCUT2D eigenvalue weighted by atomic mass is 16.5. The summed E-state index contributed by atoms with van der Waals surface area (Å²) in [6.07, 6.45) is 6.46. The Hall–Kier alpha value is -2.25. The normalized spacial score (nSPS) is 16.6. The molecule has 2 aromatic rings. The molecule has 1 aromatic heterocycles. The van der Waals surface area contributed by atoms with Crippen LogP contribution in [-0.2, 0) is 13.0 Å². The van der Waals surface area contributed by atoms with Gasteiger partial charge in [-0.15, -0.1) is 0 Å². The van der Waals surface area contributed by atoms with Crippen molar-refractivity contribution in [1.29, 1.82) is 5.26 Å². The molecule has 1 atom stereocenters. The van der Waals surface area contributed by atoms with Gasteiger partial charge in [-0.1, -0.05) is 12.1 Å². The van der Waals surface area contributed by atoms with Crippen LogP contribution in [-0.4, -0.2) is 6.61 Å². The van der Waals surface area contributed by atoms with E-state index in [1.807, 2.05) is 12.1 Å². The minimum absolute atomic E-state index is 0.373. The van der Waals surface area contributed by atoms with E-state index < -0.39 is 0 Å². The van der Waals surface area contributed by atoms with Crippen molar-refractivity contribution >= 4 is 0 Å². The van der Waals surface area contributed by atoms with Gasteiger partial charge >= 0.3 is 0 Å². The lowest BCUT2D eigenvalue weighted by Crippen LogP contribution is -2.24. The van der Waals surface area contributed by atoms with Crippen molar-refractivity contribution in [3.63, 3.8) is 0 Å². The second-order valence-corrected chi connectivity index (χ2v) is 5.88. The lowest BCUT2D eigenvalue weighted by Gasteiger charge is -2.23. The first-order valence-electron chi connectivity index (χ1n) is 8.25. The van der Waals surface area contributed by atoms with Gasteiger partial charge in [-0.05, 0) is 43.0 Å². The molecular weight excluding hydrogens is 288 g/mol. The van der Waals surface area contributed by atoms with Crippen LogP contribution in [0.5, 0.6) is 5.75 Å². The maximum absolute atomic E-state index is 8.53. The third kappa shape index (κ3) is 4.14. The van der Waals surface area contributed by atoms with Crippen LogP contribution in [0.25, 0.3) is 0 Å². The fraction of sp³-hybridized carbons (Fsp3) is 0.421. The van der Waals surface area contributed by atoms with E-state index in [2.05, 4.69) is 29.6 Å². The van der Waals surface area contributed by atoms with E-state index in [0.717, 1.165) is 37.3 Å². The van der Waals surface area contributed by atoms with E-state index >= 15 is 0 Å². The molecule has 1 aliphatic carbocycles. The average molecular weight is 310 g/mol. The molecule has 0 spiro atoms. The molecule has 0 saturated heterocycles. The maximum Gasteiger partial charge on any atom is 0.119 e. The molecule has 3 rings (SSSR count). The molecule has 1 aromatic carbocycles. The first kappa shape index (κ1) is 15.6. The number of hydrogen-bond acceptors (Lipinski definition) is 4. The van der Waals surface area contributed by atoms with Gasteiger partial charge in [-0.2, -0.15) is 5.26 Å². The van der Waals surface area contributed by atoms with Crippen LogP contribution >= 0.6 is 0 Å². The Morgan fingerprint density at radius 3 is 3.22 bits per heavy atom. The maximum atomic E-state index is 8.53. The number of ether oxygens (including phenoxy) is 1. The van der Waals surface area contributed by atoms with Crippen molar-refractivity contribution in [3.8, 4) is 11.8 Å². The monoisotopic (exact) mass is 310 g/mol. The largest absolute Gasteiger partial charge is 0.494 e. The summed E-state index contributed by atoms with van der Waals surface area (Å²) >= 11 is 0. The molecular formula is C19H22N2O2. The molecule has 1 N–H and O–H groups in total. The van der Waals surface area contributed by atoms with E-state index in [1.165, 1.54) is 17.5 Å². The molecule has 0 bridgehead atoms. The first-order valence-corrected chi connectivity index (χ1v) is 8.25. The zero-order valence-electron chi connectivity index (χ0n) is 13.3. The summed E-state index contributed by atoms with van der Waals surface area (Å²) < 4.78 is 11.2. The fourth-order valence-electron chi connectivity index (χ4n) is 3.03. The highest BCUT2D eigenvalue weighted by Gasteiger charge is 2.21. The van der Waals surface area contributed by atoms with Gasteiger partial charge in [0.1, 0.15) is 11.5 Å². The highest BCUT2D eigenvalue weighted by molar-refractivity contribution is 5.29. The molecule has 0 fully saturated rings. The van der Waals surface area contributed by atoms with Crippen LogP contribution in [0.2, 0.25) is 0 Å². The highest BCUT2D eigenvalue weighted by Crippen LogP contribution is 2.30. The molecule has 1 aliphatic rings. The molecule has 1 heterocycles. The third-order valence-electron chi connectivity index (χ3n) is 4.20. The van der Waals surface area contributed by atoms with Crippen molar-refractivity contribution in [1.82, 2.24) is 5.32 Å². The van der Waals surface area contributed by atoms with Gasteiger partial charge in [0.2, 0.25) is 0 Å². The molecule has 120 valence electrons. The molecule has 0 radical (unpaired) electrons. The van der Waals surface area contributed by atoms with Crippen LogP contribution in [0.3, 0.4) is 0 Å². The van der Waals surface area contributed by atoms with E-state index in [-0.39, 0.29) is 0 Å². The summed E-state index contributed by atoms with van der Waals surface area (Å²) in [5.74, 6) is 2.00. The smallest absolute Gasteiger partial charge is 0.119 e. The Balaban J connectivity index is 1.54. The number of benzene rings is 1. The van der Waals surface area contributed by atoms with Crippen LogP contribution in [0.15, 0.2) is 41.0 Å². The average Bonchev–Trinajstić information content (AvgIpc) is 3.06. The summed E-state index contributed by atoms with van der Waals surface area (Å²) in [4.78, 5) is 0. The van der Waals surface area contributed by atoms with Gasteiger partial charge in [0.15, 0.2) is 0 Å². The van der Waals surface area contributed by atoms with Crippen molar-refractivity contribution in [2.75, 3.05) is 6.61 Å². The number of unbranched alkanes of at least 4 members (excludes halogenated alkanes) is 1. The second-order valence-electron chi connectivity index (χ2n) is 5.88. The number of rotatable bonds is 7. The number of fused-ring (bicyclic) bond motifs is 1. The number of nitrogens with zero attached hydrogens (tertiary/aromatic N) is 1. The van der Waals surface area contributed by atoms with Crippen LogP contribution in [0, 0.1) is 11.3 Å². The van der Waals surface area contributed by atoms with Gasteiger partial charge in [0.05, 0.1) is 18.9 Å². The van der Waals surface area contributed by atoms with Gasteiger partial charge in [0.25, 0.3) is 0 Å². The Morgan fingerprint density at radius 2 is 2.30 bits per heavy atom. The lowest BCUT2D eigenvalue weighted by atomic mass is 9.93. The summed E-state index contributed by atoms with van der Waals surface area (Å²) in [6.45, 7) is 1.40. The van der Waals surface area contributed by atoms with Crippen LogP contribution < -0.4 is 10.1 Å². The zero-order valence-corrected chi connectivity index (χ0v) is 13.3. The Bertz CT molecular complexity index is 672. The van der Waals surface area contributed by atoms with Crippen molar-refractivity contribution in [2.45, 2.75) is 44.7 Å². The van der Waals surface area contributed by atoms with Gasteiger partial charge in [-0.3, -0.25) is 0 Å². The number of furan rings is 1. The van der Waals surface area contributed by atoms with E-state index in [0.29, 0.717) is 19.1 Å². The van der Waals surface area contributed by atoms with E-state index in [1.54, 1.807) is 6.26 Å². The Morgan fingerprint density at radius 1 is 1.35 bits per heavy atom. The second kappa shape index (κ2) is 7.85. The van der Waals surface area contributed by atoms with E-state index in [9.17, 15) is 0 Å². The first-order chi connectivity index (χ1) is 11.4. The van der Waals surface area contributed by atoms with E-state index in [4.69, 9.17) is 14.4 Å². The molecule has 1 unspecified atom stereocenters. The van der Waals surface area contributed by atoms with Crippen molar-refractivity contribution in [2.24, 2.45) is 0 Å². The quantitative estimate of drug-likeness (QED) is 0.781. The van der Waals surface area contributed by atoms with Crippen LogP contribution in [0.1, 0.15) is 48.6 Å². The predicted molar refractivity (Wildman–Crippen MR) is 88.0 cm³/mol. The summed E-state index contributed by atoms with van der Waals surface area (Å²) in [6, 6.07) is 12.7. The number of hydrogen-bond donors (Lipinski definition) is 1. The number of nitrogens with one attached hydrogen (secondary N) is 1. The van der Waals surface area contributed by atoms with Gasteiger partial charge in [0, 0.05) is 31.0 Å². The summed E-state index contributed by atoms with van der Waals surface area (Å²) in [5.41, 5.74) is 2.51. The molecule has 0 aliphatic heterocycles. The summed E-state index contributed by atoms with van der Waals surface area (Å²) in [5, 5.41) is 12.2. The third-order valence-corrected chi connectivity index (χ3v) is 4.20. The van der Waals surface area contributed by atoms with Crippen molar-refractivity contribution < 1.29 is 9.15 Å². The topological polar surface area (TPSA) is 58.2 Å². The van der Waals surface area contributed by atoms with Crippen molar-refractivity contribution in [3.05, 3.63) is 53.5 Å². The molecule has 0 saturated carbocycles. The lowest BCUT2D eigenvalue weighted by molar-refractivity contribution is 0.312. The van der Waals surface area contributed by atoms with Gasteiger partial charge < -0.3 is 14.5 Å². The Labute approximate surface area is 137 Å². The minimum Gasteiger partial charge on any atom is -0.494 e.